The highest BCUT2D eigenvalue weighted by Gasteiger charge is 2.53. The van der Waals surface area contributed by atoms with Crippen molar-refractivity contribution in [3.63, 3.8) is 0 Å². The minimum Gasteiger partial charge on any atom is -0.343 e. The molecule has 2 aliphatic rings. The summed E-state index contributed by atoms with van der Waals surface area (Å²) in [5, 5.41) is 0. The van der Waals surface area contributed by atoms with Gasteiger partial charge in [-0.15, -0.1) is 0 Å². The Morgan fingerprint density at radius 3 is 2.34 bits per heavy atom. The molecule has 0 saturated carbocycles. The van der Waals surface area contributed by atoms with Crippen LogP contribution in [0.3, 0.4) is 0 Å². The molecule has 1 atom stereocenters. The lowest BCUT2D eigenvalue weighted by Gasteiger charge is -2.49. The quantitative estimate of drug-likeness (QED) is 0.641. The SMILES string of the molecule is C=C1c2ccccc2CC2(c3ccccc3)N1CCN2C(=O)c1ccc(F)cc1. The van der Waals surface area contributed by atoms with Crippen LogP contribution in [0.25, 0.3) is 5.70 Å². The second-order valence-corrected chi connectivity index (χ2v) is 7.58. The van der Waals surface area contributed by atoms with Gasteiger partial charge in [0.2, 0.25) is 0 Å². The van der Waals surface area contributed by atoms with Crippen molar-refractivity contribution in [2.45, 2.75) is 12.1 Å². The smallest absolute Gasteiger partial charge is 0.256 e. The predicted molar refractivity (Wildman–Crippen MR) is 111 cm³/mol. The molecule has 1 amide bonds. The first-order valence-corrected chi connectivity index (χ1v) is 9.79. The standard InChI is InChI=1S/C25H21FN2O/c1-18-23-10-6-5-7-20(23)17-25(21-8-3-2-4-9-21)27(18)15-16-28(25)24(29)19-11-13-22(26)14-12-19/h2-14H,1,15-17H2. The van der Waals surface area contributed by atoms with Gasteiger partial charge < -0.3 is 9.80 Å². The van der Waals surface area contributed by atoms with E-state index in [9.17, 15) is 9.18 Å². The fourth-order valence-electron chi connectivity index (χ4n) is 4.77. The fourth-order valence-corrected chi connectivity index (χ4v) is 4.77. The van der Waals surface area contributed by atoms with Gasteiger partial charge in [-0.3, -0.25) is 4.79 Å². The summed E-state index contributed by atoms with van der Waals surface area (Å²) in [6.07, 6.45) is 0.680. The number of hydrogen-bond donors (Lipinski definition) is 0. The normalized spacial score (nSPS) is 20.4. The third kappa shape index (κ3) is 2.59. The molecule has 3 nitrogen and oxygen atoms in total. The molecule has 0 N–H and O–H groups in total. The Morgan fingerprint density at radius 1 is 0.897 bits per heavy atom. The molecule has 2 heterocycles. The summed E-state index contributed by atoms with van der Waals surface area (Å²) in [4.78, 5) is 17.7. The van der Waals surface area contributed by atoms with E-state index >= 15 is 0 Å². The maximum atomic E-state index is 13.6. The van der Waals surface area contributed by atoms with Gasteiger partial charge in [-0.2, -0.15) is 0 Å². The van der Waals surface area contributed by atoms with E-state index in [1.54, 1.807) is 12.1 Å². The molecular weight excluding hydrogens is 363 g/mol. The fraction of sp³-hybridized carbons (Fsp3) is 0.160. The number of fused-ring (bicyclic) bond motifs is 2. The van der Waals surface area contributed by atoms with Gasteiger partial charge in [-0.25, -0.2) is 4.39 Å². The van der Waals surface area contributed by atoms with E-state index < -0.39 is 5.66 Å². The van der Waals surface area contributed by atoms with E-state index in [-0.39, 0.29) is 11.7 Å². The van der Waals surface area contributed by atoms with Crippen LogP contribution in [-0.2, 0) is 12.1 Å². The van der Waals surface area contributed by atoms with Crippen molar-refractivity contribution in [1.82, 2.24) is 9.80 Å². The summed E-state index contributed by atoms with van der Waals surface area (Å²) in [6, 6.07) is 24.2. The molecule has 3 aromatic carbocycles. The number of amides is 1. The Balaban J connectivity index is 1.68. The van der Waals surface area contributed by atoms with E-state index in [0.29, 0.717) is 25.1 Å². The summed E-state index contributed by atoms with van der Waals surface area (Å²) >= 11 is 0. The minimum absolute atomic E-state index is 0.0939. The molecule has 0 spiro atoms. The first-order chi connectivity index (χ1) is 14.1. The Hall–Kier alpha value is -3.40. The molecule has 29 heavy (non-hydrogen) atoms. The summed E-state index contributed by atoms with van der Waals surface area (Å²) in [7, 11) is 0. The number of nitrogens with zero attached hydrogens (tertiary/aromatic N) is 2. The van der Waals surface area contributed by atoms with Gasteiger partial charge in [-0.05, 0) is 35.4 Å². The number of rotatable bonds is 2. The number of carbonyl (C=O) groups is 1. The first-order valence-electron chi connectivity index (χ1n) is 9.79. The van der Waals surface area contributed by atoms with Gasteiger partial charge >= 0.3 is 0 Å². The van der Waals surface area contributed by atoms with E-state index in [2.05, 4.69) is 35.7 Å². The monoisotopic (exact) mass is 384 g/mol. The molecule has 2 aliphatic heterocycles. The molecule has 4 heteroatoms. The summed E-state index contributed by atoms with van der Waals surface area (Å²) < 4.78 is 13.4. The Kier molecular flexibility index (Phi) is 4.02. The zero-order chi connectivity index (χ0) is 20.0. The van der Waals surface area contributed by atoms with Crippen molar-refractivity contribution in [2.75, 3.05) is 13.1 Å². The topological polar surface area (TPSA) is 23.6 Å². The van der Waals surface area contributed by atoms with Crippen LogP contribution in [0.1, 0.15) is 27.0 Å². The second-order valence-electron chi connectivity index (χ2n) is 7.58. The third-order valence-electron chi connectivity index (χ3n) is 6.10. The van der Waals surface area contributed by atoms with E-state index in [1.807, 2.05) is 35.2 Å². The van der Waals surface area contributed by atoms with Crippen LogP contribution in [0, 0.1) is 5.82 Å². The highest BCUT2D eigenvalue weighted by molar-refractivity contribution is 5.95. The van der Waals surface area contributed by atoms with Crippen molar-refractivity contribution in [1.29, 1.82) is 0 Å². The number of halogens is 1. The van der Waals surface area contributed by atoms with Crippen LogP contribution >= 0.6 is 0 Å². The molecule has 1 saturated heterocycles. The second kappa shape index (κ2) is 6.59. The van der Waals surface area contributed by atoms with E-state index in [0.717, 1.165) is 16.8 Å². The van der Waals surface area contributed by atoms with Gasteiger partial charge in [0.05, 0.1) is 0 Å². The summed E-state index contributed by atoms with van der Waals surface area (Å²) in [6.45, 7) is 5.67. The van der Waals surface area contributed by atoms with Crippen LogP contribution in [0.2, 0.25) is 0 Å². The lowest BCUT2D eigenvalue weighted by molar-refractivity contribution is 0.0298. The highest BCUT2D eigenvalue weighted by Crippen LogP contribution is 2.48. The van der Waals surface area contributed by atoms with Crippen LogP contribution in [0.5, 0.6) is 0 Å². The molecule has 1 fully saturated rings. The van der Waals surface area contributed by atoms with Gasteiger partial charge in [0.1, 0.15) is 11.5 Å². The van der Waals surface area contributed by atoms with Crippen molar-refractivity contribution < 1.29 is 9.18 Å². The van der Waals surface area contributed by atoms with Gasteiger partial charge in [0.25, 0.3) is 5.91 Å². The van der Waals surface area contributed by atoms with Gasteiger partial charge in [0.15, 0.2) is 0 Å². The summed E-state index contributed by atoms with van der Waals surface area (Å²) in [5.74, 6) is -0.439. The number of benzene rings is 3. The Morgan fingerprint density at radius 2 is 1.59 bits per heavy atom. The predicted octanol–water partition coefficient (Wildman–Crippen LogP) is 4.66. The zero-order valence-electron chi connectivity index (χ0n) is 16.0. The lowest BCUT2D eigenvalue weighted by Crippen LogP contribution is -2.55. The maximum absolute atomic E-state index is 13.6. The lowest BCUT2D eigenvalue weighted by atomic mass is 9.82. The summed E-state index contributed by atoms with van der Waals surface area (Å²) in [5.41, 5.74) is 4.16. The molecule has 5 rings (SSSR count). The number of hydrogen-bond acceptors (Lipinski definition) is 2. The molecule has 0 aromatic heterocycles. The van der Waals surface area contributed by atoms with Crippen molar-refractivity contribution in [3.8, 4) is 0 Å². The van der Waals surface area contributed by atoms with Crippen LogP contribution < -0.4 is 0 Å². The third-order valence-corrected chi connectivity index (χ3v) is 6.10. The van der Waals surface area contributed by atoms with E-state index in [1.165, 1.54) is 17.7 Å². The average molecular weight is 384 g/mol. The Bertz CT molecular complexity index is 1090. The van der Waals surface area contributed by atoms with Crippen molar-refractivity contribution in [3.05, 3.63) is 114 Å². The maximum Gasteiger partial charge on any atom is 0.256 e. The average Bonchev–Trinajstić information content (AvgIpc) is 3.15. The molecular formula is C25H21FN2O. The molecule has 3 aromatic rings. The molecule has 0 bridgehead atoms. The molecule has 144 valence electrons. The van der Waals surface area contributed by atoms with Crippen molar-refractivity contribution >= 4 is 11.6 Å². The molecule has 0 radical (unpaired) electrons. The van der Waals surface area contributed by atoms with Gasteiger partial charge in [0, 0.05) is 36.3 Å². The first kappa shape index (κ1) is 17.7. The van der Waals surface area contributed by atoms with E-state index in [4.69, 9.17) is 0 Å². The van der Waals surface area contributed by atoms with Crippen LogP contribution in [0.15, 0.2) is 85.4 Å². The largest absolute Gasteiger partial charge is 0.343 e. The zero-order valence-corrected chi connectivity index (χ0v) is 16.0. The van der Waals surface area contributed by atoms with Crippen molar-refractivity contribution in [2.24, 2.45) is 0 Å². The van der Waals surface area contributed by atoms with Crippen LogP contribution in [-0.4, -0.2) is 28.8 Å². The molecule has 1 unspecified atom stereocenters. The molecule has 0 aliphatic carbocycles. The Labute approximate surface area is 169 Å². The minimum atomic E-state index is -0.641. The highest BCUT2D eigenvalue weighted by atomic mass is 19.1. The van der Waals surface area contributed by atoms with Crippen LogP contribution in [0.4, 0.5) is 4.39 Å². The number of carbonyl (C=O) groups excluding carboxylic acids is 1. The van der Waals surface area contributed by atoms with Gasteiger partial charge in [-0.1, -0.05) is 61.2 Å².